The number of halogens is 1. The van der Waals surface area contributed by atoms with Gasteiger partial charge in [0.05, 0.1) is 12.1 Å². The van der Waals surface area contributed by atoms with Crippen LogP contribution in [0.25, 0.3) is 0 Å². The molecule has 25 heavy (non-hydrogen) atoms. The molecule has 0 unspecified atom stereocenters. The Morgan fingerprint density at radius 3 is 2.48 bits per heavy atom. The molecule has 134 valence electrons. The van der Waals surface area contributed by atoms with Crippen LogP contribution in [0.2, 0.25) is 5.15 Å². The number of anilines is 1. The summed E-state index contributed by atoms with van der Waals surface area (Å²) in [6.07, 6.45) is 2.30. The molecule has 0 bridgehead atoms. The molecule has 1 amide bonds. The predicted molar refractivity (Wildman–Crippen MR) is 96.8 cm³/mol. The van der Waals surface area contributed by atoms with Gasteiger partial charge < -0.3 is 14.4 Å². The maximum atomic E-state index is 12.6. The third kappa shape index (κ3) is 4.10. The SMILES string of the molecule is CC(C)c1nc(CC(=O)N2CCN(c3ccc(Cl)nn3)CC2)cn1C. The first-order valence-electron chi connectivity index (χ1n) is 8.48. The van der Waals surface area contributed by atoms with Crippen LogP contribution >= 0.6 is 11.6 Å². The minimum atomic E-state index is 0.121. The van der Waals surface area contributed by atoms with Crippen LogP contribution in [-0.4, -0.2) is 56.7 Å². The quantitative estimate of drug-likeness (QED) is 0.830. The van der Waals surface area contributed by atoms with Crippen molar-refractivity contribution < 1.29 is 4.79 Å². The van der Waals surface area contributed by atoms with Gasteiger partial charge in [-0.2, -0.15) is 0 Å². The first-order valence-corrected chi connectivity index (χ1v) is 8.86. The van der Waals surface area contributed by atoms with Crippen molar-refractivity contribution >= 4 is 23.3 Å². The number of nitrogens with zero attached hydrogens (tertiary/aromatic N) is 6. The molecule has 7 nitrogen and oxygen atoms in total. The molecule has 1 saturated heterocycles. The largest absolute Gasteiger partial charge is 0.352 e. The minimum Gasteiger partial charge on any atom is -0.352 e. The van der Waals surface area contributed by atoms with Gasteiger partial charge in [-0.1, -0.05) is 25.4 Å². The van der Waals surface area contributed by atoms with Crippen LogP contribution in [0, 0.1) is 0 Å². The molecule has 8 heteroatoms. The molecule has 3 heterocycles. The number of amides is 1. The topological polar surface area (TPSA) is 67.2 Å². The lowest BCUT2D eigenvalue weighted by Gasteiger charge is -2.35. The van der Waals surface area contributed by atoms with Crippen molar-refractivity contribution in [3.63, 3.8) is 0 Å². The fourth-order valence-corrected chi connectivity index (χ4v) is 3.20. The van der Waals surface area contributed by atoms with Crippen molar-refractivity contribution in [2.75, 3.05) is 31.1 Å². The lowest BCUT2D eigenvalue weighted by molar-refractivity contribution is -0.130. The zero-order valence-corrected chi connectivity index (χ0v) is 15.6. The third-order valence-electron chi connectivity index (χ3n) is 4.39. The van der Waals surface area contributed by atoms with Gasteiger partial charge in [0.25, 0.3) is 0 Å². The van der Waals surface area contributed by atoms with Gasteiger partial charge in [-0.3, -0.25) is 4.79 Å². The van der Waals surface area contributed by atoms with Gasteiger partial charge in [0.1, 0.15) is 5.82 Å². The van der Waals surface area contributed by atoms with E-state index in [0.29, 0.717) is 30.6 Å². The molecule has 3 rings (SSSR count). The second-order valence-electron chi connectivity index (χ2n) is 6.61. The monoisotopic (exact) mass is 362 g/mol. The highest BCUT2D eigenvalue weighted by atomic mass is 35.5. The van der Waals surface area contributed by atoms with Crippen LogP contribution in [0.4, 0.5) is 5.82 Å². The van der Waals surface area contributed by atoms with Gasteiger partial charge in [-0.25, -0.2) is 4.98 Å². The van der Waals surface area contributed by atoms with Gasteiger partial charge in [0, 0.05) is 45.3 Å². The van der Waals surface area contributed by atoms with Crippen LogP contribution in [-0.2, 0) is 18.3 Å². The maximum absolute atomic E-state index is 12.6. The Kier molecular flexibility index (Phi) is 5.22. The van der Waals surface area contributed by atoms with Gasteiger partial charge in [-0.05, 0) is 12.1 Å². The first kappa shape index (κ1) is 17.7. The van der Waals surface area contributed by atoms with Gasteiger partial charge in [0.15, 0.2) is 11.0 Å². The molecule has 0 aromatic carbocycles. The van der Waals surface area contributed by atoms with E-state index in [1.807, 2.05) is 28.8 Å². The average molecular weight is 363 g/mol. The molecule has 1 fully saturated rings. The Labute approximate surface area is 152 Å². The Morgan fingerprint density at radius 1 is 1.20 bits per heavy atom. The van der Waals surface area contributed by atoms with E-state index in [1.165, 1.54) is 0 Å². The number of piperazine rings is 1. The minimum absolute atomic E-state index is 0.121. The third-order valence-corrected chi connectivity index (χ3v) is 4.59. The highest BCUT2D eigenvalue weighted by Crippen LogP contribution is 2.16. The highest BCUT2D eigenvalue weighted by molar-refractivity contribution is 6.29. The van der Waals surface area contributed by atoms with E-state index >= 15 is 0 Å². The summed E-state index contributed by atoms with van der Waals surface area (Å²) in [5.41, 5.74) is 0.835. The van der Waals surface area contributed by atoms with E-state index in [2.05, 4.69) is 33.9 Å². The van der Waals surface area contributed by atoms with Gasteiger partial charge in [0.2, 0.25) is 5.91 Å². The fraction of sp³-hybridized carbons (Fsp3) is 0.529. The second-order valence-corrected chi connectivity index (χ2v) is 7.00. The zero-order valence-electron chi connectivity index (χ0n) is 14.8. The Hall–Kier alpha value is -2.15. The smallest absolute Gasteiger partial charge is 0.228 e. The lowest BCUT2D eigenvalue weighted by Crippen LogP contribution is -2.49. The molecule has 0 N–H and O–H groups in total. The Balaban J connectivity index is 1.56. The van der Waals surface area contributed by atoms with Crippen molar-refractivity contribution in [2.24, 2.45) is 7.05 Å². The molecule has 2 aromatic heterocycles. The Morgan fingerprint density at radius 2 is 1.92 bits per heavy atom. The van der Waals surface area contributed by atoms with Crippen molar-refractivity contribution in [3.05, 3.63) is 35.0 Å². The number of aryl methyl sites for hydroxylation is 1. The van der Waals surface area contributed by atoms with Crippen molar-refractivity contribution in [1.82, 2.24) is 24.6 Å². The first-order chi connectivity index (χ1) is 11.9. The number of hydrogen-bond donors (Lipinski definition) is 0. The number of imidazole rings is 1. The summed E-state index contributed by atoms with van der Waals surface area (Å²) < 4.78 is 2.00. The summed E-state index contributed by atoms with van der Waals surface area (Å²) in [4.78, 5) is 21.2. The van der Waals surface area contributed by atoms with Crippen LogP contribution in [0.15, 0.2) is 18.3 Å². The summed E-state index contributed by atoms with van der Waals surface area (Å²) in [5.74, 6) is 2.27. The van der Waals surface area contributed by atoms with E-state index < -0.39 is 0 Å². The number of aromatic nitrogens is 4. The van der Waals surface area contributed by atoms with E-state index in [0.717, 1.165) is 30.4 Å². The molecular formula is C17H23ClN6O. The average Bonchev–Trinajstić information content (AvgIpc) is 2.96. The molecule has 2 aromatic rings. The molecule has 1 aliphatic heterocycles. The Bertz CT molecular complexity index is 734. The second kappa shape index (κ2) is 7.39. The van der Waals surface area contributed by atoms with E-state index in [1.54, 1.807) is 6.07 Å². The normalized spacial score (nSPS) is 15.1. The summed E-state index contributed by atoms with van der Waals surface area (Å²) >= 11 is 5.77. The number of carbonyl (C=O) groups is 1. The number of rotatable bonds is 4. The summed E-state index contributed by atoms with van der Waals surface area (Å²) in [5, 5.41) is 8.35. The molecular weight excluding hydrogens is 340 g/mol. The lowest BCUT2D eigenvalue weighted by atomic mass is 10.2. The van der Waals surface area contributed by atoms with Crippen LogP contribution in [0.1, 0.15) is 31.3 Å². The van der Waals surface area contributed by atoms with Gasteiger partial charge >= 0.3 is 0 Å². The molecule has 0 atom stereocenters. The van der Waals surface area contributed by atoms with E-state index in [-0.39, 0.29) is 5.91 Å². The van der Waals surface area contributed by atoms with Crippen molar-refractivity contribution in [1.29, 1.82) is 0 Å². The zero-order chi connectivity index (χ0) is 18.0. The molecule has 0 aliphatic carbocycles. The van der Waals surface area contributed by atoms with Crippen molar-refractivity contribution in [3.8, 4) is 0 Å². The summed E-state index contributed by atoms with van der Waals surface area (Å²) in [6, 6.07) is 3.59. The van der Waals surface area contributed by atoms with Gasteiger partial charge in [-0.15, -0.1) is 10.2 Å². The molecule has 1 aliphatic rings. The summed E-state index contributed by atoms with van der Waals surface area (Å²) in [7, 11) is 1.97. The molecule has 0 spiro atoms. The fourth-order valence-electron chi connectivity index (χ4n) is 3.10. The van der Waals surface area contributed by atoms with Crippen molar-refractivity contribution in [2.45, 2.75) is 26.2 Å². The summed E-state index contributed by atoms with van der Waals surface area (Å²) in [6.45, 7) is 7.03. The van der Waals surface area contributed by atoms with E-state index in [9.17, 15) is 4.79 Å². The standard InChI is InChI=1S/C17H23ClN6O/c1-12(2)17-19-13(11-22(17)3)10-16(25)24-8-6-23(7-9-24)15-5-4-14(18)20-21-15/h4-5,11-12H,6-10H2,1-3H3. The highest BCUT2D eigenvalue weighted by Gasteiger charge is 2.23. The molecule has 0 saturated carbocycles. The number of carbonyl (C=O) groups excluding carboxylic acids is 1. The van der Waals surface area contributed by atoms with E-state index in [4.69, 9.17) is 11.6 Å². The van der Waals surface area contributed by atoms with Crippen LogP contribution in [0.5, 0.6) is 0 Å². The van der Waals surface area contributed by atoms with Crippen LogP contribution < -0.4 is 4.90 Å². The van der Waals surface area contributed by atoms with Crippen LogP contribution in [0.3, 0.4) is 0 Å². The maximum Gasteiger partial charge on any atom is 0.228 e. The number of hydrogen-bond acceptors (Lipinski definition) is 5. The molecule has 0 radical (unpaired) electrons. The predicted octanol–water partition coefficient (Wildman–Crippen LogP) is 1.88.